The van der Waals surface area contributed by atoms with Gasteiger partial charge in [0.05, 0.1) is 6.10 Å². The SMILES string of the molecule is C=C1CCC2CC(C3(C)CCC(O)CC3)CCC12. The summed E-state index contributed by atoms with van der Waals surface area (Å²) in [5, 5.41) is 9.71. The highest BCUT2D eigenvalue weighted by molar-refractivity contribution is 5.11. The first-order chi connectivity index (χ1) is 8.58. The van der Waals surface area contributed by atoms with Crippen LogP contribution in [0.25, 0.3) is 0 Å². The van der Waals surface area contributed by atoms with E-state index in [1.807, 2.05) is 0 Å². The molecule has 18 heavy (non-hydrogen) atoms. The number of allylic oxidation sites excluding steroid dienone is 1. The molecular weight excluding hydrogens is 220 g/mol. The molecule has 3 fully saturated rings. The molecule has 0 aromatic rings. The van der Waals surface area contributed by atoms with Crippen molar-refractivity contribution in [2.75, 3.05) is 0 Å². The molecule has 3 unspecified atom stereocenters. The summed E-state index contributed by atoms with van der Waals surface area (Å²) in [5.41, 5.74) is 2.07. The molecule has 3 aliphatic carbocycles. The van der Waals surface area contributed by atoms with Crippen LogP contribution in [0, 0.1) is 23.2 Å². The zero-order valence-corrected chi connectivity index (χ0v) is 11.8. The van der Waals surface area contributed by atoms with Gasteiger partial charge in [-0.15, -0.1) is 0 Å². The second kappa shape index (κ2) is 4.67. The van der Waals surface area contributed by atoms with Crippen LogP contribution in [0.15, 0.2) is 12.2 Å². The number of hydrogen-bond acceptors (Lipinski definition) is 1. The molecule has 3 saturated carbocycles. The largest absolute Gasteiger partial charge is 0.393 e. The van der Waals surface area contributed by atoms with Crippen LogP contribution >= 0.6 is 0 Å². The van der Waals surface area contributed by atoms with E-state index in [-0.39, 0.29) is 6.10 Å². The minimum atomic E-state index is -0.0133. The van der Waals surface area contributed by atoms with Crippen molar-refractivity contribution in [3.8, 4) is 0 Å². The molecular formula is C17H28O. The molecule has 0 aromatic carbocycles. The average Bonchev–Trinajstić information content (AvgIpc) is 2.75. The zero-order valence-electron chi connectivity index (χ0n) is 11.8. The minimum Gasteiger partial charge on any atom is -0.393 e. The third-order valence-corrected chi connectivity index (χ3v) is 6.43. The van der Waals surface area contributed by atoms with Gasteiger partial charge in [0, 0.05) is 0 Å². The Morgan fingerprint density at radius 2 is 1.83 bits per heavy atom. The van der Waals surface area contributed by atoms with E-state index in [9.17, 15) is 5.11 Å². The molecule has 3 atom stereocenters. The number of aliphatic hydroxyl groups excluding tert-OH is 1. The molecule has 1 N–H and O–H groups in total. The third kappa shape index (κ3) is 2.15. The maximum Gasteiger partial charge on any atom is 0.0540 e. The normalized spacial score (nSPS) is 49.1. The van der Waals surface area contributed by atoms with Gasteiger partial charge in [0.15, 0.2) is 0 Å². The number of aliphatic hydroxyl groups is 1. The molecule has 1 nitrogen and oxygen atoms in total. The number of rotatable bonds is 1. The van der Waals surface area contributed by atoms with Gasteiger partial charge in [-0.25, -0.2) is 0 Å². The van der Waals surface area contributed by atoms with Crippen molar-refractivity contribution in [1.82, 2.24) is 0 Å². The molecule has 0 spiro atoms. The van der Waals surface area contributed by atoms with Crippen LogP contribution in [0.1, 0.15) is 64.7 Å². The fourth-order valence-electron chi connectivity index (χ4n) is 4.98. The van der Waals surface area contributed by atoms with Gasteiger partial charge in [-0.1, -0.05) is 19.1 Å². The van der Waals surface area contributed by atoms with Crippen molar-refractivity contribution in [1.29, 1.82) is 0 Å². The number of hydrogen-bond donors (Lipinski definition) is 1. The lowest BCUT2D eigenvalue weighted by Gasteiger charge is -2.46. The Bertz CT molecular complexity index is 325. The minimum absolute atomic E-state index is 0.0133. The molecule has 3 aliphatic rings. The molecule has 0 radical (unpaired) electrons. The van der Waals surface area contributed by atoms with Crippen LogP contribution in [0.3, 0.4) is 0 Å². The maximum absolute atomic E-state index is 9.71. The fraction of sp³-hybridized carbons (Fsp3) is 0.882. The summed E-state index contributed by atoms with van der Waals surface area (Å²) in [7, 11) is 0. The van der Waals surface area contributed by atoms with E-state index in [0.29, 0.717) is 5.41 Å². The lowest BCUT2D eigenvalue weighted by Crippen LogP contribution is -2.37. The Kier molecular flexibility index (Phi) is 3.30. The quantitative estimate of drug-likeness (QED) is 0.686. The highest BCUT2D eigenvalue weighted by atomic mass is 16.3. The average molecular weight is 248 g/mol. The summed E-state index contributed by atoms with van der Waals surface area (Å²) >= 11 is 0. The standard InChI is InChI=1S/C17H28O/c1-12-3-4-13-11-14(5-6-16(12)13)17(2)9-7-15(18)8-10-17/h13-16,18H,1,3-11H2,2H3. The van der Waals surface area contributed by atoms with Crippen LogP contribution < -0.4 is 0 Å². The Labute approximate surface area is 112 Å². The van der Waals surface area contributed by atoms with Crippen LogP contribution in [-0.2, 0) is 0 Å². The van der Waals surface area contributed by atoms with E-state index in [2.05, 4.69) is 13.5 Å². The van der Waals surface area contributed by atoms with E-state index >= 15 is 0 Å². The molecule has 1 heteroatoms. The zero-order chi connectivity index (χ0) is 12.8. The highest BCUT2D eigenvalue weighted by Crippen LogP contribution is 2.54. The first-order valence-electron chi connectivity index (χ1n) is 7.94. The lowest BCUT2D eigenvalue weighted by atomic mass is 9.59. The maximum atomic E-state index is 9.71. The van der Waals surface area contributed by atoms with Crippen LogP contribution in [0.5, 0.6) is 0 Å². The van der Waals surface area contributed by atoms with Crippen molar-refractivity contribution >= 4 is 0 Å². The summed E-state index contributed by atoms with van der Waals surface area (Å²) in [6.45, 7) is 6.76. The molecule has 102 valence electrons. The van der Waals surface area contributed by atoms with E-state index in [4.69, 9.17) is 0 Å². The second-order valence-electron chi connectivity index (χ2n) is 7.46. The summed E-state index contributed by atoms with van der Waals surface area (Å²) < 4.78 is 0. The van der Waals surface area contributed by atoms with Gasteiger partial charge in [-0.2, -0.15) is 0 Å². The van der Waals surface area contributed by atoms with Gasteiger partial charge in [0.1, 0.15) is 0 Å². The predicted molar refractivity (Wildman–Crippen MR) is 75.3 cm³/mol. The first-order valence-corrected chi connectivity index (χ1v) is 7.94. The molecule has 0 aliphatic heterocycles. The van der Waals surface area contributed by atoms with Crippen LogP contribution in [0.2, 0.25) is 0 Å². The topological polar surface area (TPSA) is 20.2 Å². The van der Waals surface area contributed by atoms with Gasteiger partial charge in [-0.05, 0) is 81.0 Å². The predicted octanol–water partition coefficient (Wildman–Crippen LogP) is 4.31. The Hall–Kier alpha value is -0.300. The molecule has 0 aromatic heterocycles. The van der Waals surface area contributed by atoms with Gasteiger partial charge in [-0.3, -0.25) is 0 Å². The Morgan fingerprint density at radius 3 is 2.56 bits per heavy atom. The van der Waals surface area contributed by atoms with Gasteiger partial charge in [0.25, 0.3) is 0 Å². The summed E-state index contributed by atoms with van der Waals surface area (Å²) in [5.74, 6) is 2.72. The van der Waals surface area contributed by atoms with E-state index in [1.165, 1.54) is 44.9 Å². The number of fused-ring (bicyclic) bond motifs is 1. The first kappa shape index (κ1) is 12.7. The second-order valence-corrected chi connectivity index (χ2v) is 7.46. The van der Waals surface area contributed by atoms with Gasteiger partial charge >= 0.3 is 0 Å². The summed E-state index contributed by atoms with van der Waals surface area (Å²) in [6.07, 6.45) is 11.5. The molecule has 0 amide bonds. The van der Waals surface area contributed by atoms with E-state index in [0.717, 1.165) is 30.6 Å². The lowest BCUT2D eigenvalue weighted by molar-refractivity contribution is 0.0101. The van der Waals surface area contributed by atoms with Crippen molar-refractivity contribution in [3.05, 3.63) is 12.2 Å². The van der Waals surface area contributed by atoms with E-state index in [1.54, 1.807) is 5.57 Å². The highest BCUT2D eigenvalue weighted by Gasteiger charge is 2.44. The fourth-order valence-corrected chi connectivity index (χ4v) is 4.98. The monoisotopic (exact) mass is 248 g/mol. The van der Waals surface area contributed by atoms with Crippen molar-refractivity contribution in [2.24, 2.45) is 23.2 Å². The van der Waals surface area contributed by atoms with Crippen molar-refractivity contribution in [2.45, 2.75) is 70.8 Å². The van der Waals surface area contributed by atoms with Crippen molar-refractivity contribution < 1.29 is 5.11 Å². The summed E-state index contributed by atoms with van der Waals surface area (Å²) in [6, 6.07) is 0. The van der Waals surface area contributed by atoms with Gasteiger partial charge in [0.2, 0.25) is 0 Å². The molecule has 0 saturated heterocycles. The van der Waals surface area contributed by atoms with Gasteiger partial charge < -0.3 is 5.11 Å². The van der Waals surface area contributed by atoms with Crippen LogP contribution in [-0.4, -0.2) is 11.2 Å². The Balaban J connectivity index is 1.66. The van der Waals surface area contributed by atoms with E-state index < -0.39 is 0 Å². The summed E-state index contributed by atoms with van der Waals surface area (Å²) in [4.78, 5) is 0. The molecule has 0 heterocycles. The third-order valence-electron chi connectivity index (χ3n) is 6.43. The van der Waals surface area contributed by atoms with Crippen molar-refractivity contribution in [3.63, 3.8) is 0 Å². The molecule has 0 bridgehead atoms. The molecule has 3 rings (SSSR count). The smallest absolute Gasteiger partial charge is 0.0540 e. The van der Waals surface area contributed by atoms with Crippen LogP contribution in [0.4, 0.5) is 0 Å². The Morgan fingerprint density at radius 1 is 1.11 bits per heavy atom.